The number of anilines is 3. The molecule has 0 unspecified atom stereocenters. The van der Waals surface area contributed by atoms with Crippen LogP contribution in [0.1, 0.15) is 5.56 Å². The SMILES string of the molecule is NC(=O)N(c1cccc(C(F)(F)F)c1)c1ccc(-c2ncc3sccc3c2N)cc1F. The summed E-state index contributed by atoms with van der Waals surface area (Å²) in [5.41, 5.74) is 11.1. The van der Waals surface area contributed by atoms with E-state index in [0.717, 1.165) is 34.4 Å². The molecule has 0 aliphatic rings. The van der Waals surface area contributed by atoms with Gasteiger partial charge in [0.1, 0.15) is 5.82 Å². The summed E-state index contributed by atoms with van der Waals surface area (Å²) >= 11 is 1.46. The molecule has 0 atom stereocenters. The van der Waals surface area contributed by atoms with Crippen LogP contribution in [0.15, 0.2) is 60.1 Å². The minimum atomic E-state index is -4.63. The second-order valence-electron chi connectivity index (χ2n) is 6.61. The van der Waals surface area contributed by atoms with Gasteiger partial charge in [-0.05, 0) is 41.8 Å². The van der Waals surface area contributed by atoms with Crippen molar-refractivity contribution in [2.75, 3.05) is 10.6 Å². The van der Waals surface area contributed by atoms with Crippen LogP contribution in [0.2, 0.25) is 0 Å². The Morgan fingerprint density at radius 1 is 1.10 bits per heavy atom. The van der Waals surface area contributed by atoms with Gasteiger partial charge in [0.25, 0.3) is 0 Å². The number of carbonyl (C=O) groups is 1. The number of rotatable bonds is 3. The third-order valence-electron chi connectivity index (χ3n) is 4.67. The third kappa shape index (κ3) is 3.77. The maximum atomic E-state index is 15.0. The average Bonchev–Trinajstić information content (AvgIpc) is 3.19. The highest BCUT2D eigenvalue weighted by Gasteiger charge is 2.31. The highest BCUT2D eigenvalue weighted by Crippen LogP contribution is 2.37. The van der Waals surface area contributed by atoms with E-state index in [-0.39, 0.29) is 11.4 Å². The highest BCUT2D eigenvalue weighted by atomic mass is 32.1. The van der Waals surface area contributed by atoms with Crippen molar-refractivity contribution in [1.82, 2.24) is 4.98 Å². The number of benzene rings is 2. The first kappa shape index (κ1) is 20.6. The van der Waals surface area contributed by atoms with Gasteiger partial charge in [-0.1, -0.05) is 12.1 Å². The van der Waals surface area contributed by atoms with Crippen LogP contribution in [0.4, 0.5) is 39.4 Å². The summed E-state index contributed by atoms with van der Waals surface area (Å²) in [6.45, 7) is 0. The Bertz CT molecular complexity index is 1300. The summed E-state index contributed by atoms with van der Waals surface area (Å²) in [4.78, 5) is 17.0. The highest BCUT2D eigenvalue weighted by molar-refractivity contribution is 7.17. The molecule has 2 aromatic carbocycles. The molecule has 0 radical (unpaired) electrons. The van der Waals surface area contributed by atoms with Crippen molar-refractivity contribution >= 4 is 44.5 Å². The lowest BCUT2D eigenvalue weighted by Crippen LogP contribution is -2.32. The van der Waals surface area contributed by atoms with Gasteiger partial charge in [-0.15, -0.1) is 11.3 Å². The standard InChI is InChI=1S/C21H14F4N4OS/c22-15-8-11(19-18(26)14-6-7-31-17(14)10-28-19)4-5-16(15)29(20(27)30)13-3-1-2-12(9-13)21(23,24)25/h1-10H,26H2,(H2,27,30). The fraction of sp³-hybridized carbons (Fsp3) is 0.0476. The van der Waals surface area contributed by atoms with Crippen LogP contribution in [0.5, 0.6) is 0 Å². The zero-order valence-electron chi connectivity index (χ0n) is 15.7. The monoisotopic (exact) mass is 446 g/mol. The van der Waals surface area contributed by atoms with E-state index < -0.39 is 23.6 Å². The van der Waals surface area contributed by atoms with Gasteiger partial charge in [-0.3, -0.25) is 9.88 Å². The van der Waals surface area contributed by atoms with E-state index in [1.54, 1.807) is 6.20 Å². The number of primary amides is 1. The number of nitrogen functional groups attached to an aromatic ring is 1. The summed E-state index contributed by atoms with van der Waals surface area (Å²) in [5, 5.41) is 2.64. The normalized spacial score (nSPS) is 11.6. The molecule has 2 amide bonds. The maximum Gasteiger partial charge on any atom is 0.416 e. The summed E-state index contributed by atoms with van der Waals surface area (Å²) in [7, 11) is 0. The molecule has 0 aliphatic carbocycles. The van der Waals surface area contributed by atoms with Crippen LogP contribution in [0, 0.1) is 5.82 Å². The van der Waals surface area contributed by atoms with Gasteiger partial charge < -0.3 is 11.5 Å². The van der Waals surface area contributed by atoms with Gasteiger partial charge in [-0.2, -0.15) is 13.2 Å². The molecule has 10 heteroatoms. The second kappa shape index (κ2) is 7.55. The third-order valence-corrected chi connectivity index (χ3v) is 5.52. The lowest BCUT2D eigenvalue weighted by Gasteiger charge is -2.22. The van der Waals surface area contributed by atoms with Gasteiger partial charge in [0.05, 0.1) is 33.0 Å². The van der Waals surface area contributed by atoms with E-state index in [1.165, 1.54) is 29.5 Å². The number of alkyl halides is 3. The minimum absolute atomic E-state index is 0.216. The second-order valence-corrected chi connectivity index (χ2v) is 7.55. The number of pyridine rings is 1. The Morgan fingerprint density at radius 2 is 1.87 bits per heavy atom. The molecule has 5 nitrogen and oxygen atoms in total. The van der Waals surface area contributed by atoms with Crippen LogP contribution >= 0.6 is 11.3 Å². The van der Waals surface area contributed by atoms with Crippen molar-refractivity contribution in [3.8, 4) is 11.3 Å². The Morgan fingerprint density at radius 3 is 2.55 bits per heavy atom. The minimum Gasteiger partial charge on any atom is -0.396 e. The van der Waals surface area contributed by atoms with Crippen LogP contribution in [0.25, 0.3) is 21.3 Å². The van der Waals surface area contributed by atoms with E-state index in [1.807, 2.05) is 11.4 Å². The molecule has 4 rings (SSSR count). The van der Waals surface area contributed by atoms with Gasteiger partial charge in [0, 0.05) is 17.1 Å². The number of amides is 2. The van der Waals surface area contributed by atoms with E-state index >= 15 is 4.39 Å². The fourth-order valence-corrected chi connectivity index (χ4v) is 4.00. The number of nitrogens with zero attached hydrogens (tertiary/aromatic N) is 2. The van der Waals surface area contributed by atoms with Gasteiger partial charge >= 0.3 is 12.2 Å². The number of thiophene rings is 1. The van der Waals surface area contributed by atoms with Gasteiger partial charge in [-0.25, -0.2) is 9.18 Å². The summed E-state index contributed by atoms with van der Waals surface area (Å²) in [6.07, 6.45) is -3.01. The number of nitrogens with two attached hydrogens (primary N) is 2. The first-order valence-corrected chi connectivity index (χ1v) is 9.73. The molecule has 2 heterocycles. The van der Waals surface area contributed by atoms with Crippen molar-refractivity contribution < 1.29 is 22.4 Å². The van der Waals surface area contributed by atoms with E-state index in [0.29, 0.717) is 21.8 Å². The molecule has 0 saturated carbocycles. The average molecular weight is 446 g/mol. The summed E-state index contributed by atoms with van der Waals surface area (Å²) in [6, 6.07) is 8.43. The lowest BCUT2D eigenvalue weighted by atomic mass is 10.1. The number of halogens is 4. The molecule has 0 fully saturated rings. The van der Waals surface area contributed by atoms with Crippen molar-refractivity contribution in [2.45, 2.75) is 6.18 Å². The zero-order valence-corrected chi connectivity index (χ0v) is 16.5. The predicted octanol–water partition coefficient (Wildman–Crippen LogP) is 5.92. The van der Waals surface area contributed by atoms with Crippen LogP contribution in [0.3, 0.4) is 0 Å². The molecule has 0 spiro atoms. The topological polar surface area (TPSA) is 85.2 Å². The molecule has 4 N–H and O–H groups in total. The summed E-state index contributed by atoms with van der Waals surface area (Å²) in [5.74, 6) is -0.875. The number of hydrogen-bond acceptors (Lipinski definition) is 4. The van der Waals surface area contributed by atoms with Crippen molar-refractivity contribution in [3.63, 3.8) is 0 Å². The first-order chi connectivity index (χ1) is 14.7. The Labute approximate surface area is 177 Å². The van der Waals surface area contributed by atoms with Crippen molar-refractivity contribution in [1.29, 1.82) is 0 Å². The largest absolute Gasteiger partial charge is 0.416 e. The first-order valence-electron chi connectivity index (χ1n) is 8.85. The molecule has 4 aromatic rings. The van der Waals surface area contributed by atoms with E-state index in [9.17, 15) is 18.0 Å². The van der Waals surface area contributed by atoms with Crippen LogP contribution in [-0.2, 0) is 6.18 Å². The summed E-state index contributed by atoms with van der Waals surface area (Å²) < 4.78 is 55.1. The Kier molecular flexibility index (Phi) is 5.02. The smallest absolute Gasteiger partial charge is 0.396 e. The molecular formula is C21H14F4N4OS. The molecular weight excluding hydrogens is 432 g/mol. The Balaban J connectivity index is 1.78. The molecule has 158 valence electrons. The number of urea groups is 1. The number of fused-ring (bicyclic) bond motifs is 1. The number of aromatic nitrogens is 1. The maximum absolute atomic E-state index is 15.0. The lowest BCUT2D eigenvalue weighted by molar-refractivity contribution is -0.137. The number of hydrogen-bond donors (Lipinski definition) is 2. The van der Waals surface area contributed by atoms with Crippen LogP contribution in [-0.4, -0.2) is 11.0 Å². The fourth-order valence-electron chi connectivity index (χ4n) is 3.24. The molecule has 0 aliphatic heterocycles. The molecule has 31 heavy (non-hydrogen) atoms. The quantitative estimate of drug-likeness (QED) is 0.383. The van der Waals surface area contributed by atoms with Gasteiger partial charge in [0.15, 0.2) is 0 Å². The van der Waals surface area contributed by atoms with Crippen molar-refractivity contribution in [3.05, 3.63) is 71.5 Å². The molecule has 0 saturated heterocycles. The van der Waals surface area contributed by atoms with E-state index in [4.69, 9.17) is 11.5 Å². The van der Waals surface area contributed by atoms with E-state index in [2.05, 4.69) is 4.98 Å². The van der Waals surface area contributed by atoms with Crippen LogP contribution < -0.4 is 16.4 Å². The van der Waals surface area contributed by atoms with Gasteiger partial charge in [0.2, 0.25) is 0 Å². The Hall–Kier alpha value is -3.66. The molecule has 2 aromatic heterocycles. The molecule has 0 bridgehead atoms. The van der Waals surface area contributed by atoms with Crippen molar-refractivity contribution in [2.24, 2.45) is 5.73 Å². The number of carbonyl (C=O) groups excluding carboxylic acids is 1. The predicted molar refractivity (Wildman–Crippen MR) is 113 cm³/mol. The zero-order chi connectivity index (χ0) is 22.3.